The molecule has 0 unspecified atom stereocenters. The first-order chi connectivity index (χ1) is 13.7. The summed E-state index contributed by atoms with van der Waals surface area (Å²) in [6, 6.07) is 18.7. The maximum Gasteiger partial charge on any atom is 0.255 e. The van der Waals surface area contributed by atoms with Crippen molar-refractivity contribution in [3.63, 3.8) is 0 Å². The van der Waals surface area contributed by atoms with Crippen LogP contribution in [0.3, 0.4) is 0 Å². The number of nitriles is 1. The molecule has 2 N–H and O–H groups in total. The van der Waals surface area contributed by atoms with Gasteiger partial charge in [-0.05, 0) is 48.0 Å². The topological polar surface area (TPSA) is 98.4 Å². The van der Waals surface area contributed by atoms with Gasteiger partial charge in [0.1, 0.15) is 0 Å². The molecule has 3 rings (SSSR count). The van der Waals surface area contributed by atoms with E-state index in [1.807, 2.05) is 19.9 Å². The van der Waals surface area contributed by atoms with E-state index in [-0.39, 0.29) is 17.5 Å². The lowest BCUT2D eigenvalue weighted by molar-refractivity contribution is 0.102. The average molecular weight is 372 g/mol. The first kappa shape index (κ1) is 20.3. The number of nitrogens with zero attached hydrogens (tertiary/aromatic N) is 3. The molecule has 6 heteroatoms. The number of pyridine rings is 1. The quantitative estimate of drug-likeness (QED) is 0.649. The van der Waals surface area contributed by atoms with Gasteiger partial charge in [0.05, 0.1) is 11.6 Å². The number of anilines is 1. The van der Waals surface area contributed by atoms with Gasteiger partial charge < -0.3 is 10.4 Å². The van der Waals surface area contributed by atoms with Crippen LogP contribution in [0.5, 0.6) is 5.75 Å². The second-order valence-electron chi connectivity index (χ2n) is 5.37. The van der Waals surface area contributed by atoms with Crippen molar-refractivity contribution in [2.24, 2.45) is 4.99 Å². The molecule has 28 heavy (non-hydrogen) atoms. The smallest absolute Gasteiger partial charge is 0.255 e. The summed E-state index contributed by atoms with van der Waals surface area (Å²) in [6.07, 6.45) is 3.12. The molecule has 3 aromatic rings. The maximum atomic E-state index is 12.2. The minimum Gasteiger partial charge on any atom is -0.504 e. The molecule has 0 atom stereocenters. The molecular weight excluding hydrogens is 352 g/mol. The van der Waals surface area contributed by atoms with Crippen molar-refractivity contribution < 1.29 is 9.90 Å². The van der Waals surface area contributed by atoms with Crippen molar-refractivity contribution >= 4 is 23.6 Å². The van der Waals surface area contributed by atoms with Gasteiger partial charge >= 0.3 is 0 Å². The Morgan fingerprint density at radius 2 is 1.89 bits per heavy atom. The number of hydrogen-bond donors (Lipinski definition) is 2. The second kappa shape index (κ2) is 10.2. The zero-order valence-electron chi connectivity index (χ0n) is 15.6. The number of amides is 1. The largest absolute Gasteiger partial charge is 0.504 e. The van der Waals surface area contributed by atoms with Gasteiger partial charge in [0.25, 0.3) is 5.91 Å². The number of nitrogens with one attached hydrogen (secondary N) is 1. The molecule has 1 amide bonds. The summed E-state index contributed by atoms with van der Waals surface area (Å²) in [6.45, 7) is 4.00. The third-order valence-corrected chi connectivity index (χ3v) is 3.52. The van der Waals surface area contributed by atoms with E-state index in [2.05, 4.69) is 15.3 Å². The van der Waals surface area contributed by atoms with E-state index in [9.17, 15) is 9.90 Å². The van der Waals surface area contributed by atoms with Gasteiger partial charge in [-0.25, -0.2) is 9.98 Å². The van der Waals surface area contributed by atoms with E-state index in [0.717, 1.165) is 5.56 Å². The lowest BCUT2D eigenvalue weighted by atomic mass is 10.1. The number of benzene rings is 2. The van der Waals surface area contributed by atoms with Crippen LogP contribution in [0.2, 0.25) is 0 Å². The Bertz CT molecular complexity index is 1010. The van der Waals surface area contributed by atoms with Crippen LogP contribution in [-0.4, -0.2) is 22.2 Å². The third kappa shape index (κ3) is 5.51. The van der Waals surface area contributed by atoms with Crippen molar-refractivity contribution in [2.45, 2.75) is 13.8 Å². The van der Waals surface area contributed by atoms with E-state index >= 15 is 0 Å². The molecule has 0 spiro atoms. The summed E-state index contributed by atoms with van der Waals surface area (Å²) in [5, 5.41) is 21.3. The molecular formula is C22H20N4O2. The molecule has 0 saturated heterocycles. The Hall–Kier alpha value is -3.98. The molecule has 0 aliphatic heterocycles. The fourth-order valence-corrected chi connectivity index (χ4v) is 2.21. The zero-order chi connectivity index (χ0) is 20.4. The highest BCUT2D eigenvalue weighted by molar-refractivity contribution is 6.04. The number of rotatable bonds is 4. The molecule has 1 aromatic heterocycles. The van der Waals surface area contributed by atoms with Crippen LogP contribution in [0.1, 0.15) is 35.3 Å². The minimum absolute atomic E-state index is 0.00670. The highest BCUT2D eigenvalue weighted by Crippen LogP contribution is 2.21. The average Bonchev–Trinajstić information content (AvgIpc) is 2.75. The van der Waals surface area contributed by atoms with E-state index in [4.69, 9.17) is 5.26 Å². The van der Waals surface area contributed by atoms with E-state index in [1.54, 1.807) is 60.9 Å². The molecule has 0 radical (unpaired) electrons. The Morgan fingerprint density at radius 1 is 1.14 bits per heavy atom. The summed E-state index contributed by atoms with van der Waals surface area (Å²) in [5.41, 5.74) is 2.26. The van der Waals surface area contributed by atoms with Crippen LogP contribution in [0.15, 0.2) is 71.9 Å². The van der Waals surface area contributed by atoms with Gasteiger partial charge in [-0.1, -0.05) is 32.0 Å². The number of hydrogen-bond acceptors (Lipinski definition) is 5. The number of aromatic hydroxyl groups is 1. The molecule has 2 aromatic carbocycles. The van der Waals surface area contributed by atoms with E-state index in [0.29, 0.717) is 16.8 Å². The highest BCUT2D eigenvalue weighted by Gasteiger charge is 2.06. The normalized spacial score (nSPS) is 9.89. The number of aromatic nitrogens is 1. The van der Waals surface area contributed by atoms with Gasteiger partial charge in [-0.2, -0.15) is 5.26 Å². The SMILES string of the molecule is CC.N#Cc1cccc(C(=O)Nc2ccc(/C=N/c3ncccc3O)cc2)c1. The van der Waals surface area contributed by atoms with Gasteiger partial charge in [0, 0.05) is 23.7 Å². The molecule has 0 fully saturated rings. The first-order valence-electron chi connectivity index (χ1n) is 8.75. The number of carbonyl (C=O) groups excluding carboxylic acids is 1. The van der Waals surface area contributed by atoms with Crippen molar-refractivity contribution in [3.8, 4) is 11.8 Å². The fraction of sp³-hybridized carbons (Fsp3) is 0.0909. The highest BCUT2D eigenvalue weighted by atomic mass is 16.3. The van der Waals surface area contributed by atoms with Crippen LogP contribution in [0.4, 0.5) is 11.5 Å². The van der Waals surface area contributed by atoms with Gasteiger partial charge in [0.15, 0.2) is 11.6 Å². The summed E-state index contributed by atoms with van der Waals surface area (Å²) in [4.78, 5) is 20.3. The first-order valence-corrected chi connectivity index (χ1v) is 8.75. The minimum atomic E-state index is -0.290. The summed E-state index contributed by atoms with van der Waals surface area (Å²) in [7, 11) is 0. The lowest BCUT2D eigenvalue weighted by Crippen LogP contribution is -2.11. The molecule has 0 aliphatic carbocycles. The van der Waals surface area contributed by atoms with Crippen LogP contribution in [0.25, 0.3) is 0 Å². The van der Waals surface area contributed by atoms with Crippen molar-refractivity contribution in [1.82, 2.24) is 4.98 Å². The van der Waals surface area contributed by atoms with E-state index < -0.39 is 0 Å². The second-order valence-corrected chi connectivity index (χ2v) is 5.37. The molecule has 6 nitrogen and oxygen atoms in total. The molecule has 1 heterocycles. The summed E-state index contributed by atoms with van der Waals surface area (Å²) in [5.74, 6) is -0.0450. The third-order valence-electron chi connectivity index (χ3n) is 3.52. The van der Waals surface area contributed by atoms with Gasteiger partial charge in [0.2, 0.25) is 0 Å². The predicted molar refractivity (Wildman–Crippen MR) is 110 cm³/mol. The van der Waals surface area contributed by atoms with Crippen molar-refractivity contribution in [2.75, 3.05) is 5.32 Å². The number of aliphatic imine (C=N–C) groups is 1. The zero-order valence-corrected chi connectivity index (χ0v) is 15.6. The van der Waals surface area contributed by atoms with Gasteiger partial charge in [-0.15, -0.1) is 0 Å². The maximum absolute atomic E-state index is 12.2. The summed E-state index contributed by atoms with van der Waals surface area (Å²) >= 11 is 0. The van der Waals surface area contributed by atoms with Crippen LogP contribution >= 0.6 is 0 Å². The lowest BCUT2D eigenvalue weighted by Gasteiger charge is -2.06. The van der Waals surface area contributed by atoms with Crippen LogP contribution in [-0.2, 0) is 0 Å². The molecule has 0 aliphatic rings. The summed E-state index contributed by atoms with van der Waals surface area (Å²) < 4.78 is 0. The Labute approximate surface area is 163 Å². The Kier molecular flexibility index (Phi) is 7.43. The fourth-order valence-electron chi connectivity index (χ4n) is 2.21. The Morgan fingerprint density at radius 3 is 2.57 bits per heavy atom. The van der Waals surface area contributed by atoms with Crippen LogP contribution in [0, 0.1) is 11.3 Å². The monoisotopic (exact) mass is 372 g/mol. The predicted octanol–water partition coefficient (Wildman–Crippen LogP) is 4.69. The standard InChI is InChI=1S/C20H14N4O2.C2H6/c21-12-15-3-1-4-16(11-15)20(26)24-17-8-6-14(7-9-17)13-23-19-18(25)5-2-10-22-19;1-2/h1-11,13,25H,(H,24,26);1-2H3/b23-13+;. The number of carbonyl (C=O) groups is 1. The molecule has 0 bridgehead atoms. The van der Waals surface area contributed by atoms with Crippen molar-refractivity contribution in [1.29, 1.82) is 5.26 Å². The van der Waals surface area contributed by atoms with Crippen molar-refractivity contribution in [3.05, 3.63) is 83.6 Å². The molecule has 0 saturated carbocycles. The Balaban J connectivity index is 0.00000136. The van der Waals surface area contributed by atoms with Crippen LogP contribution < -0.4 is 5.32 Å². The van der Waals surface area contributed by atoms with Gasteiger partial charge in [-0.3, -0.25) is 4.79 Å². The molecule has 140 valence electrons. The van der Waals surface area contributed by atoms with E-state index in [1.165, 1.54) is 12.1 Å².